The van der Waals surface area contributed by atoms with E-state index in [1.807, 2.05) is 0 Å². The molecule has 9 heteroatoms. The summed E-state index contributed by atoms with van der Waals surface area (Å²) in [5, 5.41) is 11.1. The lowest BCUT2D eigenvalue weighted by molar-refractivity contribution is -0.143. The Labute approximate surface area is 213 Å². The van der Waals surface area contributed by atoms with E-state index in [0.29, 0.717) is 23.4 Å². The third-order valence-electron chi connectivity index (χ3n) is 6.85. The molecular weight excluding hydrogens is 496 g/mol. The molecule has 0 heterocycles. The highest BCUT2D eigenvalue weighted by Gasteiger charge is 2.37. The van der Waals surface area contributed by atoms with Gasteiger partial charge in [0.15, 0.2) is 0 Å². The van der Waals surface area contributed by atoms with E-state index < -0.39 is 29.2 Å². The second kappa shape index (κ2) is 12.7. The fourth-order valence-corrected chi connectivity index (χ4v) is 4.81. The molecule has 0 aliphatic heterocycles. The third kappa shape index (κ3) is 8.40. The Morgan fingerprint density at radius 3 is 1.70 bits per heavy atom. The van der Waals surface area contributed by atoms with Crippen molar-refractivity contribution in [2.45, 2.75) is 88.9 Å². The van der Waals surface area contributed by atoms with Crippen LogP contribution in [0, 0.1) is 0 Å². The summed E-state index contributed by atoms with van der Waals surface area (Å²) >= 11 is 0. The molecule has 0 saturated heterocycles. The molecule has 37 heavy (non-hydrogen) atoms. The number of benzene rings is 2. The van der Waals surface area contributed by atoms with E-state index in [4.69, 9.17) is 4.74 Å². The third-order valence-corrected chi connectivity index (χ3v) is 6.85. The first-order valence-corrected chi connectivity index (χ1v) is 12.7. The first-order valence-electron chi connectivity index (χ1n) is 12.7. The molecule has 3 rings (SSSR count). The van der Waals surface area contributed by atoms with Crippen LogP contribution in [-0.2, 0) is 12.4 Å². The number of rotatable bonds is 4. The number of hydrogen-bond donors (Lipinski definition) is 1. The van der Waals surface area contributed by atoms with E-state index in [0.717, 1.165) is 44.7 Å². The normalized spacial score (nSPS) is 17.4. The van der Waals surface area contributed by atoms with E-state index in [2.05, 4.69) is 4.99 Å². The Bertz CT molecular complexity index is 1020. The Balaban J connectivity index is 1.96. The van der Waals surface area contributed by atoms with Gasteiger partial charge in [-0.05, 0) is 49.1 Å². The van der Waals surface area contributed by atoms with Crippen molar-refractivity contribution >= 4 is 11.9 Å². The lowest BCUT2D eigenvalue weighted by Gasteiger charge is -2.21. The molecule has 2 aromatic carbocycles. The van der Waals surface area contributed by atoms with E-state index in [1.165, 1.54) is 45.3 Å². The molecule has 1 aliphatic rings. The van der Waals surface area contributed by atoms with Crippen molar-refractivity contribution in [3.63, 3.8) is 0 Å². The summed E-state index contributed by atoms with van der Waals surface area (Å²) in [4.78, 5) is 3.89. The zero-order valence-corrected chi connectivity index (χ0v) is 20.9. The minimum absolute atomic E-state index is 0.0593. The van der Waals surface area contributed by atoms with E-state index in [9.17, 15) is 31.4 Å². The van der Waals surface area contributed by atoms with Crippen molar-refractivity contribution in [2.75, 3.05) is 7.11 Å². The maximum Gasteiger partial charge on any atom is 0.416 e. The average Bonchev–Trinajstić information content (AvgIpc) is 2.83. The molecule has 0 atom stereocenters. The Kier molecular flexibility index (Phi) is 9.90. The average molecular weight is 530 g/mol. The maximum atomic E-state index is 13.2. The van der Waals surface area contributed by atoms with Crippen LogP contribution in [0.5, 0.6) is 11.5 Å². The maximum absolute atomic E-state index is 13.2. The topological polar surface area (TPSA) is 41.8 Å². The van der Waals surface area contributed by atoms with Gasteiger partial charge in [0.25, 0.3) is 0 Å². The van der Waals surface area contributed by atoms with Crippen LogP contribution in [0.1, 0.15) is 98.8 Å². The number of aromatic hydroxyl groups is 1. The van der Waals surface area contributed by atoms with Gasteiger partial charge < -0.3 is 9.84 Å². The van der Waals surface area contributed by atoms with Gasteiger partial charge in [-0.15, -0.1) is 0 Å². The van der Waals surface area contributed by atoms with Crippen LogP contribution in [0.2, 0.25) is 0 Å². The molecule has 1 aliphatic carbocycles. The summed E-state index contributed by atoms with van der Waals surface area (Å²) in [6, 6.07) is 4.39. The van der Waals surface area contributed by atoms with Crippen molar-refractivity contribution < 1.29 is 36.2 Å². The summed E-state index contributed by atoms with van der Waals surface area (Å²) < 4.78 is 84.6. The van der Waals surface area contributed by atoms with Crippen molar-refractivity contribution in [1.29, 1.82) is 0 Å². The Morgan fingerprint density at radius 1 is 0.757 bits per heavy atom. The summed E-state index contributed by atoms with van der Waals surface area (Å²) in [5.41, 5.74) is -2.57. The van der Waals surface area contributed by atoms with Gasteiger partial charge in [0.1, 0.15) is 11.5 Å². The Hall–Kier alpha value is -2.71. The summed E-state index contributed by atoms with van der Waals surface area (Å²) in [6.07, 6.45) is 3.18. The highest BCUT2D eigenvalue weighted by molar-refractivity contribution is 5.87. The Morgan fingerprint density at radius 2 is 1.24 bits per heavy atom. The SMILES string of the molecule is COc1cc(C=Nc2cc(C(F)(F)F)cc(C(F)(F)F)c2)c(O)c(C2CCCCCCCCCCC2)c1. The molecule has 2 aromatic rings. The van der Waals surface area contributed by atoms with Crippen LogP contribution in [0.4, 0.5) is 32.0 Å². The van der Waals surface area contributed by atoms with E-state index in [-0.39, 0.29) is 23.3 Å². The number of aliphatic imine (C=N–C) groups is 1. The number of phenolic OH excluding ortho intramolecular Hbond substituents is 1. The number of phenols is 1. The number of alkyl halides is 6. The van der Waals surface area contributed by atoms with E-state index >= 15 is 0 Å². The lowest BCUT2D eigenvalue weighted by atomic mass is 9.86. The standard InChI is InChI=1S/C28H33F6NO2/c1-37-24-13-20(18-35-23-15-21(27(29,30)31)14-22(16-23)28(32,33)34)26(36)25(17-24)19-11-9-7-5-3-2-4-6-8-10-12-19/h13-19,36H,2-12H2,1H3. The van der Waals surface area contributed by atoms with Crippen LogP contribution in [-0.4, -0.2) is 18.4 Å². The minimum atomic E-state index is -4.97. The van der Waals surface area contributed by atoms with Crippen LogP contribution < -0.4 is 4.74 Å². The summed E-state index contributed by atoms with van der Waals surface area (Å²) in [5.74, 6) is 0.414. The zero-order chi connectivity index (χ0) is 27.1. The van der Waals surface area contributed by atoms with Crippen molar-refractivity contribution in [3.8, 4) is 11.5 Å². The first-order chi connectivity index (χ1) is 17.5. The van der Waals surface area contributed by atoms with Crippen molar-refractivity contribution in [1.82, 2.24) is 0 Å². The molecule has 0 spiro atoms. The molecule has 204 valence electrons. The number of hydrogen-bond acceptors (Lipinski definition) is 3. The minimum Gasteiger partial charge on any atom is -0.507 e. The molecule has 1 fully saturated rings. The highest BCUT2D eigenvalue weighted by atomic mass is 19.4. The monoisotopic (exact) mass is 529 g/mol. The number of nitrogens with zero attached hydrogens (tertiary/aromatic N) is 1. The number of ether oxygens (including phenoxy) is 1. The molecule has 3 nitrogen and oxygen atoms in total. The number of methoxy groups -OCH3 is 1. The van der Waals surface area contributed by atoms with Gasteiger partial charge in [0.2, 0.25) is 0 Å². The van der Waals surface area contributed by atoms with E-state index in [1.54, 1.807) is 6.07 Å². The quantitative estimate of drug-likeness (QED) is 0.317. The second-order valence-corrected chi connectivity index (χ2v) is 9.63. The van der Waals surface area contributed by atoms with Gasteiger partial charge in [-0.25, -0.2) is 0 Å². The molecule has 1 N–H and O–H groups in total. The molecule has 1 saturated carbocycles. The lowest BCUT2D eigenvalue weighted by Crippen LogP contribution is -2.10. The number of halogens is 6. The van der Waals surface area contributed by atoms with Gasteiger partial charge >= 0.3 is 12.4 Å². The highest BCUT2D eigenvalue weighted by Crippen LogP contribution is 2.40. The molecular formula is C28H33F6NO2. The first kappa shape index (κ1) is 28.9. The molecule has 0 radical (unpaired) electrons. The predicted molar refractivity (Wildman–Crippen MR) is 132 cm³/mol. The van der Waals surface area contributed by atoms with Gasteiger partial charge in [-0.3, -0.25) is 4.99 Å². The van der Waals surface area contributed by atoms with Gasteiger partial charge in [0, 0.05) is 17.3 Å². The molecule has 0 bridgehead atoms. The van der Waals surface area contributed by atoms with Crippen molar-refractivity contribution in [2.24, 2.45) is 4.99 Å². The van der Waals surface area contributed by atoms with Crippen LogP contribution in [0.15, 0.2) is 35.3 Å². The molecule has 0 amide bonds. The largest absolute Gasteiger partial charge is 0.507 e. The van der Waals surface area contributed by atoms with Crippen LogP contribution >= 0.6 is 0 Å². The summed E-state index contributed by atoms with van der Waals surface area (Å²) in [7, 11) is 1.46. The smallest absolute Gasteiger partial charge is 0.416 e. The van der Waals surface area contributed by atoms with Gasteiger partial charge in [-0.2, -0.15) is 26.3 Å². The van der Waals surface area contributed by atoms with Crippen molar-refractivity contribution in [3.05, 3.63) is 52.6 Å². The zero-order valence-electron chi connectivity index (χ0n) is 20.9. The van der Waals surface area contributed by atoms with Crippen LogP contribution in [0.25, 0.3) is 0 Å². The predicted octanol–water partition coefficient (Wildman–Crippen LogP) is 9.58. The molecule has 0 unspecified atom stereocenters. The fraction of sp³-hybridized carbons (Fsp3) is 0.536. The van der Waals surface area contributed by atoms with Gasteiger partial charge in [0.05, 0.1) is 23.9 Å². The molecule has 0 aromatic heterocycles. The van der Waals surface area contributed by atoms with Gasteiger partial charge in [-0.1, -0.05) is 57.8 Å². The van der Waals surface area contributed by atoms with Crippen LogP contribution in [0.3, 0.4) is 0 Å². The second-order valence-electron chi connectivity index (χ2n) is 9.63. The fourth-order valence-electron chi connectivity index (χ4n) is 4.81. The summed E-state index contributed by atoms with van der Waals surface area (Å²) in [6.45, 7) is 0.